The lowest BCUT2D eigenvalue weighted by Gasteiger charge is -2.12. The maximum Gasteiger partial charge on any atom is 0.137 e. The van der Waals surface area contributed by atoms with Crippen LogP contribution in [0.25, 0.3) is 0 Å². The molecule has 1 N–H and O–H groups in total. The Morgan fingerprint density at radius 2 is 2.05 bits per heavy atom. The molecule has 0 radical (unpaired) electrons. The molecule has 0 aliphatic carbocycles. The monoisotopic (exact) mass is 266 g/mol. The maximum atomic E-state index is 5.57. The van der Waals surface area contributed by atoms with Crippen molar-refractivity contribution in [2.75, 3.05) is 26.4 Å². The molecule has 0 amide bonds. The van der Waals surface area contributed by atoms with Crippen LogP contribution in [-0.2, 0) is 4.74 Å². The summed E-state index contributed by atoms with van der Waals surface area (Å²) in [5, 5.41) is 3.33. The van der Waals surface area contributed by atoms with Crippen molar-refractivity contribution in [2.45, 2.75) is 39.7 Å². The molecule has 0 aliphatic heterocycles. The van der Waals surface area contributed by atoms with E-state index in [4.69, 9.17) is 9.47 Å². The van der Waals surface area contributed by atoms with Crippen molar-refractivity contribution in [3.05, 3.63) is 24.0 Å². The van der Waals surface area contributed by atoms with E-state index in [-0.39, 0.29) is 6.04 Å². The molecule has 1 unspecified atom stereocenters. The first kappa shape index (κ1) is 15.9. The quantitative estimate of drug-likeness (QED) is 0.661. The zero-order valence-electron chi connectivity index (χ0n) is 12.3. The Balaban J connectivity index is 2.24. The van der Waals surface area contributed by atoms with Gasteiger partial charge in [-0.3, -0.25) is 4.98 Å². The highest BCUT2D eigenvalue weighted by molar-refractivity contribution is 5.21. The number of pyridine rings is 1. The second-order valence-electron chi connectivity index (χ2n) is 4.51. The maximum absolute atomic E-state index is 5.57. The van der Waals surface area contributed by atoms with Crippen LogP contribution in [0.15, 0.2) is 18.3 Å². The largest absolute Gasteiger partial charge is 0.490 e. The Labute approximate surface area is 116 Å². The van der Waals surface area contributed by atoms with E-state index >= 15 is 0 Å². The Morgan fingerprint density at radius 1 is 1.21 bits per heavy atom. The zero-order valence-corrected chi connectivity index (χ0v) is 12.3. The van der Waals surface area contributed by atoms with Gasteiger partial charge in [0, 0.05) is 12.6 Å². The van der Waals surface area contributed by atoms with Crippen molar-refractivity contribution in [3.63, 3.8) is 0 Å². The number of nitrogens with zero attached hydrogens (tertiary/aromatic N) is 1. The molecule has 1 heterocycles. The lowest BCUT2D eigenvalue weighted by molar-refractivity contribution is 0.0979. The normalized spacial score (nSPS) is 12.4. The average Bonchev–Trinajstić information content (AvgIpc) is 2.43. The lowest BCUT2D eigenvalue weighted by Crippen LogP contribution is -2.18. The van der Waals surface area contributed by atoms with E-state index in [9.17, 15) is 0 Å². The van der Waals surface area contributed by atoms with Crippen LogP contribution < -0.4 is 10.1 Å². The highest BCUT2D eigenvalue weighted by Gasteiger charge is 2.04. The summed E-state index contributed by atoms with van der Waals surface area (Å²) in [5.74, 6) is 0.798. The smallest absolute Gasteiger partial charge is 0.137 e. The van der Waals surface area contributed by atoms with E-state index in [0.29, 0.717) is 13.2 Å². The summed E-state index contributed by atoms with van der Waals surface area (Å²) >= 11 is 0. The van der Waals surface area contributed by atoms with Gasteiger partial charge in [0.15, 0.2) is 0 Å². The molecule has 0 spiro atoms. The minimum atomic E-state index is 0.274. The second-order valence-corrected chi connectivity index (χ2v) is 4.51. The first-order valence-electron chi connectivity index (χ1n) is 7.17. The molecule has 4 heteroatoms. The third-order valence-electron chi connectivity index (χ3n) is 2.85. The summed E-state index contributed by atoms with van der Waals surface area (Å²) in [5.41, 5.74) is 1.04. The molecule has 0 saturated carbocycles. The summed E-state index contributed by atoms with van der Waals surface area (Å²) in [6, 6.07) is 4.24. The Hall–Kier alpha value is -1.13. The summed E-state index contributed by atoms with van der Waals surface area (Å²) in [4.78, 5) is 4.40. The zero-order chi connectivity index (χ0) is 13.9. The molecule has 1 aromatic rings. The van der Waals surface area contributed by atoms with Gasteiger partial charge in [-0.05, 0) is 32.0 Å². The van der Waals surface area contributed by atoms with E-state index in [1.54, 1.807) is 6.20 Å². The highest BCUT2D eigenvalue weighted by atomic mass is 16.5. The first-order valence-corrected chi connectivity index (χ1v) is 7.17. The van der Waals surface area contributed by atoms with Gasteiger partial charge in [-0.15, -0.1) is 0 Å². The summed E-state index contributed by atoms with van der Waals surface area (Å²) in [6.45, 7) is 9.32. The van der Waals surface area contributed by atoms with Gasteiger partial charge in [0.1, 0.15) is 12.4 Å². The van der Waals surface area contributed by atoms with Gasteiger partial charge in [0.25, 0.3) is 0 Å². The number of rotatable bonds is 10. The SMILES string of the molecule is CCCCOCCOc1ccc(C(C)NCC)nc1. The number of hydrogen-bond donors (Lipinski definition) is 1. The molecular weight excluding hydrogens is 240 g/mol. The van der Waals surface area contributed by atoms with Crippen LogP contribution in [0.1, 0.15) is 45.3 Å². The minimum Gasteiger partial charge on any atom is -0.490 e. The minimum absolute atomic E-state index is 0.274. The lowest BCUT2D eigenvalue weighted by atomic mass is 10.2. The van der Waals surface area contributed by atoms with Crippen molar-refractivity contribution in [2.24, 2.45) is 0 Å². The van der Waals surface area contributed by atoms with Crippen LogP contribution in [0.3, 0.4) is 0 Å². The van der Waals surface area contributed by atoms with Crippen molar-refractivity contribution in [1.82, 2.24) is 10.3 Å². The van der Waals surface area contributed by atoms with Crippen molar-refractivity contribution < 1.29 is 9.47 Å². The number of nitrogens with one attached hydrogen (secondary N) is 1. The van der Waals surface area contributed by atoms with E-state index in [0.717, 1.165) is 37.4 Å². The van der Waals surface area contributed by atoms with Crippen molar-refractivity contribution in [1.29, 1.82) is 0 Å². The third kappa shape index (κ3) is 6.55. The first-order chi connectivity index (χ1) is 9.27. The van der Waals surface area contributed by atoms with Crippen LogP contribution in [0, 0.1) is 0 Å². The Bertz CT molecular complexity index is 327. The fraction of sp³-hybridized carbons (Fsp3) is 0.667. The topological polar surface area (TPSA) is 43.4 Å². The van der Waals surface area contributed by atoms with Gasteiger partial charge in [-0.25, -0.2) is 0 Å². The van der Waals surface area contributed by atoms with E-state index < -0.39 is 0 Å². The predicted octanol–water partition coefficient (Wildman–Crippen LogP) is 2.95. The standard InChI is InChI=1S/C15H26N2O2/c1-4-6-9-18-10-11-19-14-7-8-15(17-12-14)13(3)16-5-2/h7-8,12-13,16H,4-6,9-11H2,1-3H3. The van der Waals surface area contributed by atoms with Gasteiger partial charge in [0.05, 0.1) is 18.5 Å². The molecule has 0 bridgehead atoms. The molecule has 0 aliphatic rings. The van der Waals surface area contributed by atoms with Gasteiger partial charge in [-0.1, -0.05) is 20.3 Å². The number of aromatic nitrogens is 1. The van der Waals surface area contributed by atoms with E-state index in [2.05, 4.69) is 31.1 Å². The van der Waals surface area contributed by atoms with Crippen LogP contribution in [-0.4, -0.2) is 31.3 Å². The van der Waals surface area contributed by atoms with Crippen molar-refractivity contribution in [3.8, 4) is 5.75 Å². The number of hydrogen-bond acceptors (Lipinski definition) is 4. The van der Waals surface area contributed by atoms with Gasteiger partial charge < -0.3 is 14.8 Å². The molecule has 0 aromatic carbocycles. The molecule has 4 nitrogen and oxygen atoms in total. The van der Waals surface area contributed by atoms with Crippen LogP contribution >= 0.6 is 0 Å². The fourth-order valence-electron chi connectivity index (χ4n) is 1.71. The Morgan fingerprint density at radius 3 is 2.68 bits per heavy atom. The van der Waals surface area contributed by atoms with Gasteiger partial charge in [-0.2, -0.15) is 0 Å². The summed E-state index contributed by atoms with van der Waals surface area (Å²) in [7, 11) is 0. The van der Waals surface area contributed by atoms with E-state index in [1.807, 2.05) is 12.1 Å². The molecule has 19 heavy (non-hydrogen) atoms. The average molecular weight is 266 g/mol. The molecule has 108 valence electrons. The van der Waals surface area contributed by atoms with E-state index in [1.165, 1.54) is 0 Å². The number of ether oxygens (including phenoxy) is 2. The van der Waals surface area contributed by atoms with Gasteiger partial charge >= 0.3 is 0 Å². The molecule has 0 saturated heterocycles. The summed E-state index contributed by atoms with van der Waals surface area (Å²) in [6.07, 6.45) is 4.05. The van der Waals surface area contributed by atoms with Crippen LogP contribution in [0.2, 0.25) is 0 Å². The highest BCUT2D eigenvalue weighted by Crippen LogP contribution is 2.14. The third-order valence-corrected chi connectivity index (χ3v) is 2.85. The van der Waals surface area contributed by atoms with Gasteiger partial charge in [0.2, 0.25) is 0 Å². The van der Waals surface area contributed by atoms with Crippen LogP contribution in [0.4, 0.5) is 0 Å². The molecule has 1 aromatic heterocycles. The molecule has 1 atom stereocenters. The fourth-order valence-corrected chi connectivity index (χ4v) is 1.71. The van der Waals surface area contributed by atoms with Crippen molar-refractivity contribution >= 4 is 0 Å². The molecule has 1 rings (SSSR count). The molecule has 0 fully saturated rings. The Kier molecular flexibility index (Phi) is 8.18. The molecular formula is C15H26N2O2. The van der Waals surface area contributed by atoms with Crippen LogP contribution in [0.5, 0.6) is 5.75 Å². The predicted molar refractivity (Wildman–Crippen MR) is 77.6 cm³/mol. The number of unbranched alkanes of at least 4 members (excludes halogenated alkanes) is 1. The second kappa shape index (κ2) is 9.75. The summed E-state index contributed by atoms with van der Waals surface area (Å²) < 4.78 is 11.0.